The van der Waals surface area contributed by atoms with Crippen molar-refractivity contribution in [3.05, 3.63) is 23.3 Å². The fraction of sp³-hybridized carbons (Fsp3) is 0.688. The molecule has 1 atom stereocenters. The van der Waals surface area contributed by atoms with Crippen molar-refractivity contribution in [2.45, 2.75) is 59.8 Å². The summed E-state index contributed by atoms with van der Waals surface area (Å²) in [5.41, 5.74) is 2.83. The zero-order valence-electron chi connectivity index (χ0n) is 12.6. The number of rotatable bonds is 8. The van der Waals surface area contributed by atoms with Crippen molar-refractivity contribution in [3.63, 3.8) is 0 Å². The van der Waals surface area contributed by atoms with Gasteiger partial charge in [-0.05, 0) is 52.4 Å². The summed E-state index contributed by atoms with van der Waals surface area (Å²) in [6.45, 7) is 8.55. The summed E-state index contributed by atoms with van der Waals surface area (Å²) in [6.07, 6.45) is 9.47. The fourth-order valence-electron chi connectivity index (χ4n) is 1.77. The van der Waals surface area contributed by atoms with Gasteiger partial charge >= 0.3 is 5.97 Å². The minimum atomic E-state index is -0.105. The number of methoxy groups -OCH3 is 1. The fourth-order valence-corrected chi connectivity index (χ4v) is 1.77. The van der Waals surface area contributed by atoms with Crippen LogP contribution in [0.2, 0.25) is 0 Å². The normalized spacial score (nSPS) is 13.1. The van der Waals surface area contributed by atoms with Crippen LogP contribution in [0.4, 0.5) is 0 Å². The molecule has 2 heteroatoms. The van der Waals surface area contributed by atoms with Gasteiger partial charge in [0.2, 0.25) is 0 Å². The van der Waals surface area contributed by atoms with E-state index in [1.54, 1.807) is 0 Å². The number of allylic oxidation sites excluding steroid dienone is 4. The number of carbonyl (C=O) groups is 1. The first-order chi connectivity index (χ1) is 8.45. The minimum absolute atomic E-state index is 0.105. The maximum Gasteiger partial charge on any atom is 0.305 e. The molecule has 0 N–H and O–H groups in total. The SMILES string of the molecule is COC(=O)CC(C)CCC=C(C)CCC=C(C)C. The van der Waals surface area contributed by atoms with Gasteiger partial charge in [0.25, 0.3) is 0 Å². The molecule has 0 aliphatic carbocycles. The maximum absolute atomic E-state index is 11.1. The van der Waals surface area contributed by atoms with Crippen LogP contribution in [0.25, 0.3) is 0 Å². The minimum Gasteiger partial charge on any atom is -0.469 e. The van der Waals surface area contributed by atoms with Crippen LogP contribution in [-0.4, -0.2) is 13.1 Å². The van der Waals surface area contributed by atoms with Gasteiger partial charge in [0.05, 0.1) is 7.11 Å². The van der Waals surface area contributed by atoms with Gasteiger partial charge in [0, 0.05) is 6.42 Å². The topological polar surface area (TPSA) is 26.3 Å². The Hall–Kier alpha value is -1.05. The van der Waals surface area contributed by atoms with Gasteiger partial charge in [-0.15, -0.1) is 0 Å². The first-order valence-corrected chi connectivity index (χ1v) is 6.81. The van der Waals surface area contributed by atoms with Gasteiger partial charge in [-0.3, -0.25) is 4.79 Å². The van der Waals surface area contributed by atoms with Crippen molar-refractivity contribution < 1.29 is 9.53 Å². The third-order valence-corrected chi connectivity index (χ3v) is 2.99. The predicted octanol–water partition coefficient (Wildman–Crippen LogP) is 4.66. The summed E-state index contributed by atoms with van der Waals surface area (Å²) in [5, 5.41) is 0. The summed E-state index contributed by atoms with van der Waals surface area (Å²) in [7, 11) is 1.45. The van der Waals surface area contributed by atoms with E-state index in [4.69, 9.17) is 0 Å². The molecule has 0 saturated heterocycles. The molecule has 0 spiro atoms. The van der Waals surface area contributed by atoms with E-state index in [1.807, 2.05) is 0 Å². The average molecular weight is 252 g/mol. The van der Waals surface area contributed by atoms with Crippen LogP contribution < -0.4 is 0 Å². The zero-order valence-corrected chi connectivity index (χ0v) is 12.6. The second-order valence-electron chi connectivity index (χ2n) is 5.33. The van der Waals surface area contributed by atoms with Crippen molar-refractivity contribution in [1.82, 2.24) is 0 Å². The van der Waals surface area contributed by atoms with Crippen molar-refractivity contribution >= 4 is 5.97 Å². The largest absolute Gasteiger partial charge is 0.469 e. The highest BCUT2D eigenvalue weighted by Crippen LogP contribution is 2.14. The molecule has 2 nitrogen and oxygen atoms in total. The molecule has 0 aromatic heterocycles. The molecule has 0 bridgehead atoms. The van der Waals surface area contributed by atoms with Crippen molar-refractivity contribution in [1.29, 1.82) is 0 Å². The van der Waals surface area contributed by atoms with Crippen LogP contribution in [0.15, 0.2) is 23.3 Å². The summed E-state index contributed by atoms with van der Waals surface area (Å²) in [6, 6.07) is 0. The molecule has 1 unspecified atom stereocenters. The van der Waals surface area contributed by atoms with E-state index in [2.05, 4.69) is 44.6 Å². The van der Waals surface area contributed by atoms with Crippen molar-refractivity contribution in [3.8, 4) is 0 Å². The van der Waals surface area contributed by atoms with Gasteiger partial charge in [0.1, 0.15) is 0 Å². The molecule has 0 rings (SSSR count). The van der Waals surface area contributed by atoms with Gasteiger partial charge in [-0.1, -0.05) is 30.2 Å². The molecule has 18 heavy (non-hydrogen) atoms. The summed E-state index contributed by atoms with van der Waals surface area (Å²) in [4.78, 5) is 11.1. The Balaban J connectivity index is 3.79. The number of ether oxygens (including phenoxy) is 1. The zero-order chi connectivity index (χ0) is 14.0. The molecule has 0 heterocycles. The van der Waals surface area contributed by atoms with E-state index in [0.29, 0.717) is 12.3 Å². The van der Waals surface area contributed by atoms with Crippen LogP contribution in [0.5, 0.6) is 0 Å². The van der Waals surface area contributed by atoms with Crippen LogP contribution in [-0.2, 0) is 9.53 Å². The standard InChI is InChI=1S/C16H28O2/c1-13(2)8-6-9-14(3)10-7-11-15(4)12-16(17)18-5/h8,10,15H,6-7,9,11-12H2,1-5H3. The number of hydrogen-bond acceptors (Lipinski definition) is 2. The van der Waals surface area contributed by atoms with E-state index >= 15 is 0 Å². The average Bonchev–Trinajstić information content (AvgIpc) is 2.28. The van der Waals surface area contributed by atoms with Gasteiger partial charge in [-0.25, -0.2) is 0 Å². The molecule has 0 aromatic carbocycles. The van der Waals surface area contributed by atoms with Crippen LogP contribution in [0, 0.1) is 5.92 Å². The Labute approximate surface area is 112 Å². The van der Waals surface area contributed by atoms with E-state index in [-0.39, 0.29) is 5.97 Å². The lowest BCUT2D eigenvalue weighted by Crippen LogP contribution is -2.06. The molecule has 0 aliphatic rings. The lowest BCUT2D eigenvalue weighted by atomic mass is 10.00. The Kier molecular flexibility index (Phi) is 9.35. The van der Waals surface area contributed by atoms with Crippen molar-refractivity contribution in [2.75, 3.05) is 7.11 Å². The lowest BCUT2D eigenvalue weighted by Gasteiger charge is -2.08. The molecule has 0 fully saturated rings. The third-order valence-electron chi connectivity index (χ3n) is 2.99. The van der Waals surface area contributed by atoms with Crippen molar-refractivity contribution in [2.24, 2.45) is 5.92 Å². The number of esters is 1. The predicted molar refractivity (Wildman–Crippen MR) is 77.5 cm³/mol. The first kappa shape index (κ1) is 16.9. The summed E-state index contributed by atoms with van der Waals surface area (Å²) >= 11 is 0. The maximum atomic E-state index is 11.1. The Bertz CT molecular complexity index is 296. The summed E-state index contributed by atoms with van der Waals surface area (Å²) in [5.74, 6) is 0.297. The number of carbonyl (C=O) groups excluding carboxylic acids is 1. The highest BCUT2D eigenvalue weighted by Gasteiger charge is 2.07. The smallest absolute Gasteiger partial charge is 0.305 e. The highest BCUT2D eigenvalue weighted by molar-refractivity contribution is 5.69. The Morgan fingerprint density at radius 1 is 1.17 bits per heavy atom. The molecular formula is C16H28O2. The van der Waals surface area contributed by atoms with Gasteiger partial charge in [0.15, 0.2) is 0 Å². The quantitative estimate of drug-likeness (QED) is 0.464. The van der Waals surface area contributed by atoms with Gasteiger partial charge in [-0.2, -0.15) is 0 Å². The van der Waals surface area contributed by atoms with E-state index < -0.39 is 0 Å². The Morgan fingerprint density at radius 3 is 2.39 bits per heavy atom. The molecule has 0 aliphatic heterocycles. The van der Waals surface area contributed by atoms with Crippen LogP contribution >= 0.6 is 0 Å². The molecule has 0 radical (unpaired) electrons. The monoisotopic (exact) mass is 252 g/mol. The highest BCUT2D eigenvalue weighted by atomic mass is 16.5. The molecule has 0 saturated carbocycles. The third kappa shape index (κ3) is 10.1. The first-order valence-electron chi connectivity index (χ1n) is 6.81. The Morgan fingerprint density at radius 2 is 1.83 bits per heavy atom. The van der Waals surface area contributed by atoms with E-state index in [9.17, 15) is 4.79 Å². The number of hydrogen-bond donors (Lipinski definition) is 0. The molecule has 0 aromatic rings. The summed E-state index contributed by atoms with van der Waals surface area (Å²) < 4.78 is 4.66. The molecule has 104 valence electrons. The van der Waals surface area contributed by atoms with Crippen LogP contribution in [0.3, 0.4) is 0 Å². The molecule has 0 amide bonds. The lowest BCUT2D eigenvalue weighted by molar-refractivity contribution is -0.141. The van der Waals surface area contributed by atoms with E-state index in [0.717, 1.165) is 25.7 Å². The van der Waals surface area contributed by atoms with E-state index in [1.165, 1.54) is 18.3 Å². The van der Waals surface area contributed by atoms with Crippen LogP contribution in [0.1, 0.15) is 59.8 Å². The molecular weight excluding hydrogens is 224 g/mol. The second-order valence-corrected chi connectivity index (χ2v) is 5.33. The van der Waals surface area contributed by atoms with Gasteiger partial charge < -0.3 is 4.74 Å². The second kappa shape index (κ2) is 9.93.